The summed E-state index contributed by atoms with van der Waals surface area (Å²) in [7, 11) is 1.56. The van der Waals surface area contributed by atoms with Crippen LogP contribution in [0.1, 0.15) is 69.9 Å². The number of ether oxygens (including phenoxy) is 2. The molecule has 1 unspecified atom stereocenters. The lowest BCUT2D eigenvalue weighted by Crippen LogP contribution is -2.40. The molecular formula is C36H37NO6. The standard InChI is InChI=1S/C36H37NO6/c1-24(19-21-29-33(39)32-30(23-42-35(32)40)25(2)34(29)41-3)20-22-31(38)37-43-36(26-13-7-4-8-14-26,27-15-9-5-10-16-27)28-17-11-6-12-18-28/h4-18,24,39H,19-23H2,1-3H3,(H,37,38). The lowest BCUT2D eigenvalue weighted by atomic mass is 9.80. The number of hydrogen-bond donors (Lipinski definition) is 2. The molecule has 1 heterocycles. The molecule has 43 heavy (non-hydrogen) atoms. The Bertz CT molecular complexity index is 1470. The number of nitrogens with one attached hydrogen (secondary N) is 1. The molecular weight excluding hydrogens is 542 g/mol. The van der Waals surface area contributed by atoms with Gasteiger partial charge in [-0.15, -0.1) is 0 Å². The number of benzene rings is 4. The number of hydroxylamine groups is 1. The van der Waals surface area contributed by atoms with E-state index in [1.165, 1.54) is 0 Å². The molecule has 1 atom stereocenters. The Labute approximate surface area is 252 Å². The number of methoxy groups -OCH3 is 1. The minimum atomic E-state index is -1.05. The van der Waals surface area contributed by atoms with Gasteiger partial charge in [-0.2, -0.15) is 0 Å². The SMILES string of the molecule is COc1c(C)c2c(c(O)c1CCC(C)CCC(=O)NOC(c1ccccc1)(c1ccccc1)c1ccccc1)C(=O)OC2. The number of carbonyl (C=O) groups excluding carboxylic acids is 2. The number of phenols is 1. The fraction of sp³-hybridized carbons (Fsp3) is 0.278. The van der Waals surface area contributed by atoms with Gasteiger partial charge in [0.25, 0.3) is 0 Å². The van der Waals surface area contributed by atoms with Gasteiger partial charge in [0.05, 0.1) is 7.11 Å². The molecule has 0 radical (unpaired) electrons. The van der Waals surface area contributed by atoms with Crippen molar-refractivity contribution in [3.8, 4) is 11.5 Å². The van der Waals surface area contributed by atoms with Crippen molar-refractivity contribution in [1.82, 2.24) is 5.48 Å². The lowest BCUT2D eigenvalue weighted by Gasteiger charge is -2.35. The second-order valence-electron chi connectivity index (χ2n) is 11.0. The summed E-state index contributed by atoms with van der Waals surface area (Å²) in [4.78, 5) is 31.8. The summed E-state index contributed by atoms with van der Waals surface area (Å²) >= 11 is 0. The highest BCUT2D eigenvalue weighted by Gasteiger charge is 2.39. The average molecular weight is 580 g/mol. The number of hydrogen-bond acceptors (Lipinski definition) is 6. The maximum Gasteiger partial charge on any atom is 0.342 e. The van der Waals surface area contributed by atoms with Gasteiger partial charge in [-0.1, -0.05) is 97.9 Å². The zero-order valence-electron chi connectivity index (χ0n) is 24.8. The second-order valence-corrected chi connectivity index (χ2v) is 11.0. The molecule has 222 valence electrons. The van der Waals surface area contributed by atoms with E-state index in [0.29, 0.717) is 36.1 Å². The Morgan fingerprint density at radius 2 is 1.47 bits per heavy atom. The number of esters is 1. The molecule has 0 aromatic heterocycles. The van der Waals surface area contributed by atoms with Crippen LogP contribution in [0.4, 0.5) is 0 Å². The fourth-order valence-corrected chi connectivity index (χ4v) is 5.86. The first kappa shape index (κ1) is 29.9. The Morgan fingerprint density at radius 3 is 1.98 bits per heavy atom. The number of phenolic OH excluding ortho intramolecular Hbond substituents is 1. The molecule has 0 aliphatic carbocycles. The van der Waals surface area contributed by atoms with Crippen LogP contribution in [0.25, 0.3) is 0 Å². The number of carbonyl (C=O) groups is 2. The van der Waals surface area contributed by atoms with Crippen molar-refractivity contribution in [1.29, 1.82) is 0 Å². The highest BCUT2D eigenvalue weighted by molar-refractivity contribution is 5.98. The molecule has 1 aliphatic heterocycles. The molecule has 0 saturated heterocycles. The van der Waals surface area contributed by atoms with E-state index in [4.69, 9.17) is 14.3 Å². The minimum absolute atomic E-state index is 0.0719. The van der Waals surface area contributed by atoms with Gasteiger partial charge in [0.2, 0.25) is 5.91 Å². The first-order valence-electron chi connectivity index (χ1n) is 14.6. The van der Waals surface area contributed by atoms with Gasteiger partial charge in [-0.3, -0.25) is 9.63 Å². The Balaban J connectivity index is 1.28. The van der Waals surface area contributed by atoms with Crippen LogP contribution in [0.15, 0.2) is 91.0 Å². The monoisotopic (exact) mass is 579 g/mol. The van der Waals surface area contributed by atoms with Crippen molar-refractivity contribution in [3.05, 3.63) is 130 Å². The van der Waals surface area contributed by atoms with Crippen molar-refractivity contribution in [3.63, 3.8) is 0 Å². The maximum absolute atomic E-state index is 13.2. The van der Waals surface area contributed by atoms with Gasteiger partial charge in [0.1, 0.15) is 23.7 Å². The highest BCUT2D eigenvalue weighted by atomic mass is 16.7. The summed E-state index contributed by atoms with van der Waals surface area (Å²) in [6.45, 7) is 4.07. The molecule has 0 fully saturated rings. The third-order valence-corrected chi connectivity index (χ3v) is 8.26. The van der Waals surface area contributed by atoms with Crippen molar-refractivity contribution in [2.75, 3.05) is 7.11 Å². The highest BCUT2D eigenvalue weighted by Crippen LogP contribution is 2.43. The van der Waals surface area contributed by atoms with Gasteiger partial charge in [-0.05, 0) is 54.4 Å². The summed E-state index contributed by atoms with van der Waals surface area (Å²) in [5.74, 6) is -0.0841. The summed E-state index contributed by atoms with van der Waals surface area (Å²) in [5, 5.41) is 10.9. The van der Waals surface area contributed by atoms with E-state index in [0.717, 1.165) is 22.3 Å². The summed E-state index contributed by atoms with van der Waals surface area (Å²) < 4.78 is 10.8. The average Bonchev–Trinajstić information content (AvgIpc) is 3.44. The Hall–Kier alpha value is -4.62. The van der Waals surface area contributed by atoms with E-state index in [1.54, 1.807) is 7.11 Å². The number of fused-ring (bicyclic) bond motifs is 1. The van der Waals surface area contributed by atoms with E-state index < -0.39 is 11.6 Å². The van der Waals surface area contributed by atoms with Gasteiger partial charge in [-0.25, -0.2) is 10.3 Å². The quantitative estimate of drug-likeness (QED) is 0.109. The number of amides is 1. The van der Waals surface area contributed by atoms with Gasteiger partial charge < -0.3 is 14.6 Å². The van der Waals surface area contributed by atoms with E-state index in [1.807, 2.05) is 97.9 Å². The minimum Gasteiger partial charge on any atom is -0.507 e. The number of aromatic hydroxyl groups is 1. The zero-order chi connectivity index (χ0) is 30.4. The van der Waals surface area contributed by atoms with E-state index in [9.17, 15) is 14.7 Å². The smallest absolute Gasteiger partial charge is 0.342 e. The molecule has 4 aromatic rings. The van der Waals surface area contributed by atoms with Crippen LogP contribution in [0, 0.1) is 12.8 Å². The van der Waals surface area contributed by atoms with Gasteiger partial charge in [0.15, 0.2) is 5.60 Å². The van der Waals surface area contributed by atoms with Gasteiger partial charge in [0, 0.05) is 17.5 Å². The molecule has 4 aromatic carbocycles. The van der Waals surface area contributed by atoms with Crippen molar-refractivity contribution in [2.45, 2.75) is 51.7 Å². The summed E-state index contributed by atoms with van der Waals surface area (Å²) in [6.07, 6.45) is 2.05. The van der Waals surface area contributed by atoms with Gasteiger partial charge >= 0.3 is 5.97 Å². The van der Waals surface area contributed by atoms with Crippen LogP contribution in [-0.4, -0.2) is 24.1 Å². The topological polar surface area (TPSA) is 94.1 Å². The summed E-state index contributed by atoms with van der Waals surface area (Å²) in [5.41, 5.74) is 6.69. The Kier molecular flexibility index (Phi) is 9.12. The van der Waals surface area contributed by atoms with Crippen LogP contribution in [0.3, 0.4) is 0 Å². The Morgan fingerprint density at radius 1 is 0.930 bits per heavy atom. The molecule has 0 spiro atoms. The van der Waals surface area contributed by atoms with Crippen LogP contribution < -0.4 is 10.2 Å². The van der Waals surface area contributed by atoms with Crippen LogP contribution in [0.5, 0.6) is 11.5 Å². The second kappa shape index (κ2) is 13.1. The fourth-order valence-electron chi connectivity index (χ4n) is 5.86. The predicted molar refractivity (Wildman–Crippen MR) is 164 cm³/mol. The van der Waals surface area contributed by atoms with Crippen LogP contribution >= 0.6 is 0 Å². The molecule has 0 bridgehead atoms. The third-order valence-electron chi connectivity index (χ3n) is 8.26. The largest absolute Gasteiger partial charge is 0.507 e. The molecule has 5 rings (SSSR count). The predicted octanol–water partition coefficient (Wildman–Crippen LogP) is 6.77. The van der Waals surface area contributed by atoms with Crippen molar-refractivity contribution in [2.24, 2.45) is 5.92 Å². The van der Waals surface area contributed by atoms with Crippen molar-refractivity contribution >= 4 is 11.9 Å². The summed E-state index contributed by atoms with van der Waals surface area (Å²) in [6, 6.07) is 29.6. The number of cyclic esters (lactones) is 1. The molecule has 2 N–H and O–H groups in total. The van der Waals surface area contributed by atoms with E-state index >= 15 is 0 Å². The molecule has 1 aliphatic rings. The van der Waals surface area contributed by atoms with E-state index in [2.05, 4.69) is 12.4 Å². The first-order valence-corrected chi connectivity index (χ1v) is 14.6. The molecule has 1 amide bonds. The first-order chi connectivity index (χ1) is 20.9. The maximum atomic E-state index is 13.2. The van der Waals surface area contributed by atoms with Crippen LogP contribution in [-0.2, 0) is 33.0 Å². The lowest BCUT2D eigenvalue weighted by molar-refractivity contribution is -0.143. The van der Waals surface area contributed by atoms with Crippen LogP contribution in [0.2, 0.25) is 0 Å². The number of rotatable bonds is 12. The van der Waals surface area contributed by atoms with E-state index in [-0.39, 0.29) is 36.2 Å². The molecule has 0 saturated carbocycles. The zero-order valence-corrected chi connectivity index (χ0v) is 24.8. The third kappa shape index (κ3) is 5.99. The molecule has 7 nitrogen and oxygen atoms in total. The molecule has 7 heteroatoms. The normalized spacial score (nSPS) is 13.2. The van der Waals surface area contributed by atoms with Crippen molar-refractivity contribution < 1.29 is 29.0 Å².